The molecule has 0 amide bonds. The van der Waals surface area contributed by atoms with Gasteiger partial charge in [-0.2, -0.15) is 0 Å². The normalized spacial score (nSPS) is 10.4. The van der Waals surface area contributed by atoms with Crippen LogP contribution in [0, 0.1) is 5.82 Å². The predicted molar refractivity (Wildman–Crippen MR) is 80.8 cm³/mol. The second kappa shape index (κ2) is 6.88. The van der Waals surface area contributed by atoms with Crippen molar-refractivity contribution in [1.29, 1.82) is 0 Å². The molecule has 0 aromatic heterocycles. The summed E-state index contributed by atoms with van der Waals surface area (Å²) in [6, 6.07) is 11.4. The molecule has 0 aliphatic heterocycles. The highest BCUT2D eigenvalue weighted by Gasteiger charge is 2.09. The zero-order chi connectivity index (χ0) is 15.2. The SMILES string of the molecule is CCCC(=O)c1ccc(OCc2ccccc2F)c(N)c1. The van der Waals surface area contributed by atoms with Crippen molar-refractivity contribution in [3.8, 4) is 5.75 Å². The Morgan fingerprint density at radius 1 is 1.24 bits per heavy atom. The lowest BCUT2D eigenvalue weighted by Gasteiger charge is -2.10. The molecule has 0 aliphatic rings. The molecule has 2 aromatic rings. The minimum Gasteiger partial charge on any atom is -0.487 e. The van der Waals surface area contributed by atoms with Crippen LogP contribution >= 0.6 is 0 Å². The van der Waals surface area contributed by atoms with Crippen LogP contribution in [0.25, 0.3) is 0 Å². The van der Waals surface area contributed by atoms with Crippen molar-refractivity contribution in [1.82, 2.24) is 0 Å². The summed E-state index contributed by atoms with van der Waals surface area (Å²) in [6.45, 7) is 2.05. The van der Waals surface area contributed by atoms with Crippen LogP contribution in [0.3, 0.4) is 0 Å². The van der Waals surface area contributed by atoms with Crippen molar-refractivity contribution in [2.24, 2.45) is 0 Å². The van der Waals surface area contributed by atoms with Crippen LogP contribution < -0.4 is 10.5 Å². The fraction of sp³-hybridized carbons (Fsp3) is 0.235. The highest BCUT2D eigenvalue weighted by atomic mass is 19.1. The van der Waals surface area contributed by atoms with Crippen LogP contribution in [0.15, 0.2) is 42.5 Å². The fourth-order valence-corrected chi connectivity index (χ4v) is 2.00. The second-order valence-corrected chi connectivity index (χ2v) is 4.81. The first-order valence-electron chi connectivity index (χ1n) is 6.90. The van der Waals surface area contributed by atoms with E-state index in [-0.39, 0.29) is 18.2 Å². The summed E-state index contributed by atoms with van der Waals surface area (Å²) in [7, 11) is 0. The molecule has 2 N–H and O–H groups in total. The molecule has 0 atom stereocenters. The first kappa shape index (κ1) is 15.0. The molecular formula is C17H18FNO2. The highest BCUT2D eigenvalue weighted by Crippen LogP contribution is 2.24. The third-order valence-electron chi connectivity index (χ3n) is 3.15. The van der Waals surface area contributed by atoms with E-state index in [2.05, 4.69) is 0 Å². The topological polar surface area (TPSA) is 52.3 Å². The molecule has 2 aromatic carbocycles. The van der Waals surface area contributed by atoms with E-state index in [4.69, 9.17) is 10.5 Å². The van der Waals surface area contributed by atoms with Gasteiger partial charge in [-0.15, -0.1) is 0 Å². The zero-order valence-electron chi connectivity index (χ0n) is 11.9. The van der Waals surface area contributed by atoms with Crippen molar-refractivity contribution in [2.45, 2.75) is 26.4 Å². The standard InChI is InChI=1S/C17H18FNO2/c1-2-5-16(20)12-8-9-17(15(19)10-12)21-11-13-6-3-4-7-14(13)18/h3-4,6-10H,2,5,11,19H2,1H3. The third kappa shape index (κ3) is 3.81. The second-order valence-electron chi connectivity index (χ2n) is 4.81. The molecule has 3 nitrogen and oxygen atoms in total. The molecule has 0 saturated carbocycles. The van der Waals surface area contributed by atoms with Crippen molar-refractivity contribution < 1.29 is 13.9 Å². The molecule has 0 aliphatic carbocycles. The maximum Gasteiger partial charge on any atom is 0.162 e. The molecule has 0 saturated heterocycles. The molecule has 0 heterocycles. The number of carbonyl (C=O) groups is 1. The molecule has 0 fully saturated rings. The smallest absolute Gasteiger partial charge is 0.162 e. The van der Waals surface area contributed by atoms with Crippen LogP contribution in [0.4, 0.5) is 10.1 Å². The average molecular weight is 287 g/mol. The van der Waals surface area contributed by atoms with Crippen LogP contribution in [0.2, 0.25) is 0 Å². The number of Topliss-reactive ketones (excluding diaryl/α,β-unsaturated/α-hetero) is 1. The van der Waals surface area contributed by atoms with Gasteiger partial charge < -0.3 is 10.5 Å². The Balaban J connectivity index is 2.08. The molecule has 4 heteroatoms. The lowest BCUT2D eigenvalue weighted by molar-refractivity contribution is 0.0981. The summed E-state index contributed by atoms with van der Waals surface area (Å²) >= 11 is 0. The van der Waals surface area contributed by atoms with Crippen molar-refractivity contribution in [3.63, 3.8) is 0 Å². The highest BCUT2D eigenvalue weighted by molar-refractivity contribution is 5.97. The lowest BCUT2D eigenvalue weighted by atomic mass is 10.1. The Kier molecular flexibility index (Phi) is 4.93. The van der Waals surface area contributed by atoms with E-state index < -0.39 is 0 Å². The third-order valence-corrected chi connectivity index (χ3v) is 3.15. The van der Waals surface area contributed by atoms with E-state index in [1.807, 2.05) is 6.92 Å². The van der Waals surface area contributed by atoms with Crippen LogP contribution in [-0.2, 0) is 6.61 Å². The van der Waals surface area contributed by atoms with Gasteiger partial charge in [0.2, 0.25) is 0 Å². The van der Waals surface area contributed by atoms with Gasteiger partial charge in [0.25, 0.3) is 0 Å². The van der Waals surface area contributed by atoms with Gasteiger partial charge in [-0.05, 0) is 30.7 Å². The summed E-state index contributed by atoms with van der Waals surface area (Å²) in [5.41, 5.74) is 7.31. The Hall–Kier alpha value is -2.36. The fourth-order valence-electron chi connectivity index (χ4n) is 2.00. The van der Waals surface area contributed by atoms with Crippen molar-refractivity contribution >= 4 is 11.5 Å². The van der Waals surface area contributed by atoms with E-state index in [1.165, 1.54) is 6.07 Å². The first-order valence-corrected chi connectivity index (χ1v) is 6.90. The van der Waals surface area contributed by atoms with Gasteiger partial charge in [0.1, 0.15) is 18.2 Å². The maximum atomic E-state index is 13.5. The van der Waals surface area contributed by atoms with E-state index in [0.717, 1.165) is 6.42 Å². The van der Waals surface area contributed by atoms with Crippen molar-refractivity contribution in [3.05, 3.63) is 59.4 Å². The van der Waals surface area contributed by atoms with Gasteiger partial charge in [-0.1, -0.05) is 25.1 Å². The molecule has 0 spiro atoms. The molecule has 21 heavy (non-hydrogen) atoms. The van der Waals surface area contributed by atoms with Gasteiger partial charge in [-0.25, -0.2) is 4.39 Å². The Morgan fingerprint density at radius 3 is 2.67 bits per heavy atom. The van der Waals surface area contributed by atoms with Gasteiger partial charge >= 0.3 is 0 Å². The lowest BCUT2D eigenvalue weighted by Crippen LogP contribution is -2.03. The molecule has 0 radical (unpaired) electrons. The van der Waals surface area contributed by atoms with Gasteiger partial charge in [0.15, 0.2) is 5.78 Å². The Morgan fingerprint density at radius 2 is 2.00 bits per heavy atom. The number of ketones is 1. The quantitative estimate of drug-likeness (QED) is 0.646. The molecule has 0 bridgehead atoms. The molecule has 0 unspecified atom stereocenters. The van der Waals surface area contributed by atoms with Gasteiger partial charge in [-0.3, -0.25) is 4.79 Å². The number of rotatable bonds is 6. The monoisotopic (exact) mass is 287 g/mol. The van der Waals surface area contributed by atoms with E-state index in [1.54, 1.807) is 36.4 Å². The predicted octanol–water partition coefficient (Wildman–Crippen LogP) is 3.97. The minimum absolute atomic E-state index is 0.0600. The molecular weight excluding hydrogens is 269 g/mol. The summed E-state index contributed by atoms with van der Waals surface area (Å²) in [4.78, 5) is 11.8. The van der Waals surface area contributed by atoms with Gasteiger partial charge in [0, 0.05) is 17.5 Å². The summed E-state index contributed by atoms with van der Waals surface area (Å²) in [5, 5.41) is 0. The number of halogens is 1. The molecule has 110 valence electrons. The summed E-state index contributed by atoms with van der Waals surface area (Å²) in [5.74, 6) is 0.196. The van der Waals surface area contributed by atoms with Gasteiger partial charge in [0.05, 0.1) is 5.69 Å². The zero-order valence-corrected chi connectivity index (χ0v) is 11.9. The molecule has 2 rings (SSSR count). The number of hydrogen-bond donors (Lipinski definition) is 1. The number of anilines is 1. The van der Waals surface area contributed by atoms with Crippen LogP contribution in [-0.4, -0.2) is 5.78 Å². The number of benzene rings is 2. The minimum atomic E-state index is -0.314. The largest absolute Gasteiger partial charge is 0.487 e. The van der Waals surface area contributed by atoms with Crippen LogP contribution in [0.5, 0.6) is 5.75 Å². The first-order chi connectivity index (χ1) is 10.1. The summed E-state index contributed by atoms with van der Waals surface area (Å²) < 4.78 is 19.0. The van der Waals surface area contributed by atoms with E-state index >= 15 is 0 Å². The van der Waals surface area contributed by atoms with E-state index in [9.17, 15) is 9.18 Å². The number of hydrogen-bond acceptors (Lipinski definition) is 3. The average Bonchev–Trinajstić information content (AvgIpc) is 2.47. The van der Waals surface area contributed by atoms with Crippen LogP contribution in [0.1, 0.15) is 35.7 Å². The van der Waals surface area contributed by atoms with E-state index in [0.29, 0.717) is 29.0 Å². The Bertz CT molecular complexity index is 640. The number of nitrogens with two attached hydrogens (primary N) is 1. The Labute approximate surface area is 123 Å². The number of carbonyl (C=O) groups excluding carboxylic acids is 1. The maximum absolute atomic E-state index is 13.5. The summed E-state index contributed by atoms with van der Waals surface area (Å²) in [6.07, 6.45) is 1.29. The van der Waals surface area contributed by atoms with Crippen molar-refractivity contribution in [2.75, 3.05) is 5.73 Å². The number of nitrogen functional groups attached to an aromatic ring is 1. The number of ether oxygens (including phenoxy) is 1.